The molecule has 4 heteroatoms. The van der Waals surface area contributed by atoms with Crippen LogP contribution in [0.5, 0.6) is 0 Å². The molecule has 19 heavy (non-hydrogen) atoms. The Morgan fingerprint density at radius 2 is 1.95 bits per heavy atom. The number of halogens is 1. The molecule has 0 spiro atoms. The van der Waals surface area contributed by atoms with E-state index in [1.54, 1.807) is 6.07 Å². The van der Waals surface area contributed by atoms with Crippen molar-refractivity contribution >= 4 is 23.1 Å². The predicted molar refractivity (Wildman–Crippen MR) is 81.7 cm³/mol. The Labute approximate surface area is 119 Å². The van der Waals surface area contributed by atoms with E-state index in [0.717, 1.165) is 25.2 Å². The maximum atomic E-state index is 5.91. The molecule has 0 aliphatic rings. The second kappa shape index (κ2) is 6.43. The maximum Gasteiger partial charge on any atom is 0.133 e. The number of nitrogen functional groups attached to an aromatic ring is 1. The van der Waals surface area contributed by atoms with Gasteiger partial charge in [-0.05, 0) is 24.5 Å². The average molecular weight is 276 g/mol. The van der Waals surface area contributed by atoms with Gasteiger partial charge >= 0.3 is 0 Å². The zero-order valence-corrected chi connectivity index (χ0v) is 11.8. The predicted octanol–water partition coefficient (Wildman–Crippen LogP) is 3.39. The summed E-state index contributed by atoms with van der Waals surface area (Å²) in [5.74, 6) is 0.818. The molecule has 2 aromatic rings. The SMILES string of the molecule is CN(CCCc1ccccc1)c1cc(N)cc(Cl)n1. The quantitative estimate of drug-likeness (QED) is 0.851. The smallest absolute Gasteiger partial charge is 0.133 e. The van der Waals surface area contributed by atoms with Crippen molar-refractivity contribution in [2.45, 2.75) is 12.8 Å². The van der Waals surface area contributed by atoms with Gasteiger partial charge in [-0.3, -0.25) is 0 Å². The first-order valence-corrected chi connectivity index (χ1v) is 6.71. The van der Waals surface area contributed by atoms with E-state index in [2.05, 4.69) is 34.1 Å². The van der Waals surface area contributed by atoms with Crippen LogP contribution in [-0.2, 0) is 6.42 Å². The van der Waals surface area contributed by atoms with Crippen LogP contribution in [0.25, 0.3) is 0 Å². The Balaban J connectivity index is 1.89. The largest absolute Gasteiger partial charge is 0.399 e. The number of hydrogen-bond donors (Lipinski definition) is 1. The molecule has 0 unspecified atom stereocenters. The van der Waals surface area contributed by atoms with E-state index in [-0.39, 0.29) is 0 Å². The molecule has 2 N–H and O–H groups in total. The topological polar surface area (TPSA) is 42.1 Å². The van der Waals surface area contributed by atoms with Crippen LogP contribution in [-0.4, -0.2) is 18.6 Å². The monoisotopic (exact) mass is 275 g/mol. The Bertz CT molecular complexity index is 508. The third kappa shape index (κ3) is 4.14. The molecule has 2 rings (SSSR count). The van der Waals surface area contributed by atoms with Gasteiger partial charge in [0.15, 0.2) is 0 Å². The number of nitrogens with zero attached hydrogens (tertiary/aromatic N) is 2. The number of aryl methyl sites for hydroxylation is 1. The third-order valence-electron chi connectivity index (χ3n) is 3.00. The van der Waals surface area contributed by atoms with Crippen molar-refractivity contribution in [3.63, 3.8) is 0 Å². The van der Waals surface area contributed by atoms with Crippen LogP contribution >= 0.6 is 11.6 Å². The lowest BCUT2D eigenvalue weighted by atomic mass is 10.1. The summed E-state index contributed by atoms with van der Waals surface area (Å²) in [6, 6.07) is 14.0. The Hall–Kier alpha value is -1.74. The van der Waals surface area contributed by atoms with Gasteiger partial charge in [0, 0.05) is 25.3 Å². The Kier molecular flexibility index (Phi) is 4.63. The highest BCUT2D eigenvalue weighted by Gasteiger charge is 2.05. The number of anilines is 2. The number of aromatic nitrogens is 1. The summed E-state index contributed by atoms with van der Waals surface area (Å²) in [6.45, 7) is 0.918. The number of benzene rings is 1. The summed E-state index contributed by atoms with van der Waals surface area (Å²) in [5, 5.41) is 0.435. The third-order valence-corrected chi connectivity index (χ3v) is 3.19. The van der Waals surface area contributed by atoms with E-state index in [4.69, 9.17) is 17.3 Å². The van der Waals surface area contributed by atoms with E-state index in [1.807, 2.05) is 19.2 Å². The standard InChI is InChI=1S/C15H18ClN3/c1-19(15-11-13(17)10-14(16)18-15)9-5-8-12-6-3-2-4-7-12/h2-4,6-7,10-11H,5,8-9H2,1H3,(H2,17,18). The molecule has 1 heterocycles. The first kappa shape index (κ1) is 13.7. The molecule has 0 atom stereocenters. The van der Waals surface area contributed by atoms with E-state index in [0.29, 0.717) is 10.8 Å². The van der Waals surface area contributed by atoms with Crippen LogP contribution in [0.1, 0.15) is 12.0 Å². The average Bonchev–Trinajstić information content (AvgIpc) is 2.38. The second-order valence-electron chi connectivity index (χ2n) is 4.59. The molecular weight excluding hydrogens is 258 g/mol. The van der Waals surface area contributed by atoms with Crippen molar-refractivity contribution in [1.82, 2.24) is 4.98 Å². The highest BCUT2D eigenvalue weighted by molar-refractivity contribution is 6.29. The Morgan fingerprint density at radius 3 is 2.63 bits per heavy atom. The molecule has 0 saturated carbocycles. The lowest BCUT2D eigenvalue weighted by molar-refractivity contribution is 0.777. The fraction of sp³-hybridized carbons (Fsp3) is 0.267. The van der Waals surface area contributed by atoms with Gasteiger partial charge in [0.05, 0.1) is 0 Å². The number of pyridine rings is 1. The highest BCUT2D eigenvalue weighted by atomic mass is 35.5. The van der Waals surface area contributed by atoms with Crippen molar-refractivity contribution in [2.24, 2.45) is 0 Å². The molecule has 0 saturated heterocycles. The molecule has 0 bridgehead atoms. The van der Waals surface area contributed by atoms with Crippen LogP contribution in [0.2, 0.25) is 5.15 Å². The first-order chi connectivity index (χ1) is 9.15. The van der Waals surface area contributed by atoms with Gasteiger partial charge < -0.3 is 10.6 Å². The van der Waals surface area contributed by atoms with E-state index in [1.165, 1.54) is 5.56 Å². The molecule has 0 fully saturated rings. The van der Waals surface area contributed by atoms with Gasteiger partial charge in [-0.15, -0.1) is 0 Å². The molecular formula is C15H18ClN3. The van der Waals surface area contributed by atoms with Gasteiger partial charge in [-0.25, -0.2) is 4.98 Å². The first-order valence-electron chi connectivity index (χ1n) is 6.33. The van der Waals surface area contributed by atoms with Crippen LogP contribution in [0.4, 0.5) is 11.5 Å². The van der Waals surface area contributed by atoms with E-state index >= 15 is 0 Å². The molecule has 100 valence electrons. The number of nitrogens with two attached hydrogens (primary N) is 1. The normalized spacial score (nSPS) is 10.4. The highest BCUT2D eigenvalue weighted by Crippen LogP contribution is 2.18. The lowest BCUT2D eigenvalue weighted by Crippen LogP contribution is -2.20. The van der Waals surface area contributed by atoms with Crippen molar-refractivity contribution < 1.29 is 0 Å². The minimum Gasteiger partial charge on any atom is -0.399 e. The summed E-state index contributed by atoms with van der Waals surface area (Å²) < 4.78 is 0. The summed E-state index contributed by atoms with van der Waals surface area (Å²) in [5.41, 5.74) is 7.77. The molecule has 1 aromatic carbocycles. The second-order valence-corrected chi connectivity index (χ2v) is 4.98. The summed E-state index contributed by atoms with van der Waals surface area (Å²) in [7, 11) is 2.00. The van der Waals surface area contributed by atoms with E-state index < -0.39 is 0 Å². The van der Waals surface area contributed by atoms with Gasteiger partial charge in [0.2, 0.25) is 0 Å². The van der Waals surface area contributed by atoms with Crippen molar-refractivity contribution in [3.05, 3.63) is 53.2 Å². The fourth-order valence-corrected chi connectivity index (χ4v) is 2.19. The number of hydrogen-bond acceptors (Lipinski definition) is 3. The molecule has 0 aliphatic carbocycles. The summed E-state index contributed by atoms with van der Waals surface area (Å²) >= 11 is 5.91. The Morgan fingerprint density at radius 1 is 1.21 bits per heavy atom. The van der Waals surface area contributed by atoms with E-state index in [9.17, 15) is 0 Å². The molecule has 3 nitrogen and oxygen atoms in total. The molecule has 1 aromatic heterocycles. The maximum absolute atomic E-state index is 5.91. The van der Waals surface area contributed by atoms with Crippen molar-refractivity contribution in [1.29, 1.82) is 0 Å². The zero-order valence-electron chi connectivity index (χ0n) is 11.0. The minimum atomic E-state index is 0.435. The van der Waals surface area contributed by atoms with Crippen molar-refractivity contribution in [3.8, 4) is 0 Å². The number of rotatable bonds is 5. The molecule has 0 amide bonds. The van der Waals surface area contributed by atoms with Gasteiger partial charge in [-0.1, -0.05) is 41.9 Å². The minimum absolute atomic E-state index is 0.435. The van der Waals surface area contributed by atoms with Gasteiger partial charge in [0.1, 0.15) is 11.0 Å². The van der Waals surface area contributed by atoms with Crippen LogP contribution in [0.3, 0.4) is 0 Å². The zero-order chi connectivity index (χ0) is 13.7. The summed E-state index contributed by atoms with van der Waals surface area (Å²) in [6.07, 6.45) is 2.12. The fourth-order valence-electron chi connectivity index (χ4n) is 1.98. The van der Waals surface area contributed by atoms with Gasteiger partial charge in [0.25, 0.3) is 0 Å². The summed E-state index contributed by atoms with van der Waals surface area (Å²) in [4.78, 5) is 6.35. The van der Waals surface area contributed by atoms with Crippen LogP contribution < -0.4 is 10.6 Å². The lowest BCUT2D eigenvalue weighted by Gasteiger charge is -2.18. The molecule has 0 aliphatic heterocycles. The van der Waals surface area contributed by atoms with Crippen LogP contribution in [0.15, 0.2) is 42.5 Å². The van der Waals surface area contributed by atoms with Crippen molar-refractivity contribution in [2.75, 3.05) is 24.2 Å². The molecule has 0 radical (unpaired) electrons. The van der Waals surface area contributed by atoms with Gasteiger partial charge in [-0.2, -0.15) is 0 Å². The van der Waals surface area contributed by atoms with Crippen LogP contribution in [0, 0.1) is 0 Å².